The van der Waals surface area contributed by atoms with Gasteiger partial charge in [0.2, 0.25) is 0 Å². The van der Waals surface area contributed by atoms with Crippen molar-refractivity contribution in [1.82, 2.24) is 19.7 Å². The van der Waals surface area contributed by atoms with Gasteiger partial charge in [-0.2, -0.15) is 5.10 Å². The Bertz CT molecular complexity index is 579. The fraction of sp³-hybridized carbons (Fsp3) is 0.500. The van der Waals surface area contributed by atoms with Crippen LogP contribution in [0, 0.1) is 3.57 Å². The Morgan fingerprint density at radius 3 is 2.70 bits per heavy atom. The number of aryl methyl sites for hydroxylation is 2. The molecule has 0 saturated carbocycles. The van der Waals surface area contributed by atoms with Crippen LogP contribution in [0.1, 0.15) is 32.9 Å². The van der Waals surface area contributed by atoms with Gasteiger partial charge in [0, 0.05) is 19.3 Å². The highest BCUT2D eigenvalue weighted by atomic mass is 127. The van der Waals surface area contributed by atoms with Crippen molar-refractivity contribution in [2.24, 2.45) is 0 Å². The summed E-state index contributed by atoms with van der Waals surface area (Å²) in [6, 6.07) is 0. The highest BCUT2D eigenvalue weighted by Crippen LogP contribution is 2.24. The third-order valence-corrected chi connectivity index (χ3v) is 4.08. The first kappa shape index (κ1) is 15.2. The van der Waals surface area contributed by atoms with Crippen LogP contribution in [-0.4, -0.2) is 26.3 Å². The largest absolute Gasteiger partial charge is 0.369 e. The molecule has 0 radical (unpaired) electrons. The van der Waals surface area contributed by atoms with E-state index in [9.17, 15) is 0 Å². The molecule has 6 heteroatoms. The Morgan fingerprint density at radius 2 is 2.05 bits per heavy atom. The van der Waals surface area contributed by atoms with Crippen molar-refractivity contribution in [3.63, 3.8) is 0 Å². The Balaban J connectivity index is 2.41. The van der Waals surface area contributed by atoms with E-state index in [1.54, 1.807) is 0 Å². The average molecular weight is 385 g/mol. The van der Waals surface area contributed by atoms with Crippen LogP contribution in [-0.2, 0) is 13.0 Å². The fourth-order valence-corrected chi connectivity index (χ4v) is 2.79. The Labute approximate surface area is 133 Å². The quantitative estimate of drug-likeness (QED) is 0.775. The first-order valence-corrected chi connectivity index (χ1v) is 8.10. The van der Waals surface area contributed by atoms with Gasteiger partial charge in [0.25, 0.3) is 0 Å². The van der Waals surface area contributed by atoms with Crippen LogP contribution in [0.25, 0.3) is 11.4 Å². The van der Waals surface area contributed by atoms with Crippen molar-refractivity contribution >= 4 is 28.4 Å². The van der Waals surface area contributed by atoms with Gasteiger partial charge in [0.05, 0.1) is 21.0 Å². The van der Waals surface area contributed by atoms with Gasteiger partial charge in [-0.1, -0.05) is 13.8 Å². The van der Waals surface area contributed by atoms with E-state index >= 15 is 0 Å². The van der Waals surface area contributed by atoms with E-state index in [4.69, 9.17) is 0 Å². The SMILES string of the molecule is CCCn1cc(-c2nc(CC)c(I)c(NCC)n2)cn1. The highest BCUT2D eigenvalue weighted by molar-refractivity contribution is 14.1. The lowest BCUT2D eigenvalue weighted by Gasteiger charge is -2.10. The molecule has 0 atom stereocenters. The Morgan fingerprint density at radius 1 is 1.25 bits per heavy atom. The predicted octanol–water partition coefficient (Wildman–Crippen LogP) is 3.35. The zero-order chi connectivity index (χ0) is 14.5. The molecule has 0 aliphatic carbocycles. The minimum Gasteiger partial charge on any atom is -0.369 e. The lowest BCUT2D eigenvalue weighted by molar-refractivity contribution is 0.603. The van der Waals surface area contributed by atoms with E-state index in [0.717, 1.165) is 52.4 Å². The number of nitrogens with one attached hydrogen (secondary N) is 1. The number of nitrogens with zero attached hydrogens (tertiary/aromatic N) is 4. The van der Waals surface area contributed by atoms with Gasteiger partial charge in [0.1, 0.15) is 5.82 Å². The van der Waals surface area contributed by atoms with Crippen LogP contribution in [0.5, 0.6) is 0 Å². The summed E-state index contributed by atoms with van der Waals surface area (Å²) in [5.41, 5.74) is 2.05. The van der Waals surface area contributed by atoms with Gasteiger partial charge in [-0.25, -0.2) is 9.97 Å². The first-order chi connectivity index (χ1) is 9.69. The molecule has 0 unspecified atom stereocenters. The summed E-state index contributed by atoms with van der Waals surface area (Å²) in [4.78, 5) is 9.30. The Kier molecular flexibility index (Phi) is 5.33. The molecule has 2 rings (SSSR count). The van der Waals surface area contributed by atoms with Crippen LogP contribution in [0.3, 0.4) is 0 Å². The van der Waals surface area contributed by atoms with Gasteiger partial charge >= 0.3 is 0 Å². The third kappa shape index (κ3) is 3.28. The van der Waals surface area contributed by atoms with Crippen molar-refractivity contribution in [2.45, 2.75) is 40.2 Å². The lowest BCUT2D eigenvalue weighted by Crippen LogP contribution is -2.07. The van der Waals surface area contributed by atoms with Crippen LogP contribution < -0.4 is 5.32 Å². The predicted molar refractivity (Wildman–Crippen MR) is 89.8 cm³/mol. The molecule has 108 valence electrons. The van der Waals surface area contributed by atoms with E-state index in [1.165, 1.54) is 0 Å². The molecule has 0 bridgehead atoms. The lowest BCUT2D eigenvalue weighted by atomic mass is 10.2. The first-order valence-electron chi connectivity index (χ1n) is 7.02. The van der Waals surface area contributed by atoms with Crippen molar-refractivity contribution in [3.8, 4) is 11.4 Å². The molecule has 0 aromatic carbocycles. The minimum atomic E-state index is 0.751. The number of anilines is 1. The molecule has 1 N–H and O–H groups in total. The molecule has 2 aromatic rings. The summed E-state index contributed by atoms with van der Waals surface area (Å²) in [6.07, 6.45) is 5.82. The van der Waals surface area contributed by atoms with Gasteiger partial charge in [0.15, 0.2) is 5.82 Å². The van der Waals surface area contributed by atoms with Gasteiger partial charge in [-0.3, -0.25) is 4.68 Å². The van der Waals surface area contributed by atoms with E-state index in [0.29, 0.717) is 0 Å². The van der Waals surface area contributed by atoms with E-state index in [-0.39, 0.29) is 0 Å². The van der Waals surface area contributed by atoms with Crippen LogP contribution in [0.4, 0.5) is 5.82 Å². The number of rotatable bonds is 6. The number of aromatic nitrogens is 4. The van der Waals surface area contributed by atoms with Gasteiger partial charge in [-0.05, 0) is 42.4 Å². The molecule has 20 heavy (non-hydrogen) atoms. The molecule has 2 heterocycles. The molecule has 2 aromatic heterocycles. The maximum Gasteiger partial charge on any atom is 0.165 e. The normalized spacial score (nSPS) is 10.8. The van der Waals surface area contributed by atoms with Crippen LogP contribution in [0.2, 0.25) is 0 Å². The van der Waals surface area contributed by atoms with Crippen molar-refractivity contribution in [3.05, 3.63) is 21.7 Å². The van der Waals surface area contributed by atoms with Crippen LogP contribution in [0.15, 0.2) is 12.4 Å². The standard InChI is InChI=1S/C14H20IN5/c1-4-7-20-9-10(8-17-20)13-18-11(5-2)12(15)14(19-13)16-6-3/h8-9H,4-7H2,1-3H3,(H,16,18,19). The summed E-state index contributed by atoms with van der Waals surface area (Å²) in [5.74, 6) is 1.67. The molecule has 0 aliphatic rings. The summed E-state index contributed by atoms with van der Waals surface area (Å²) in [7, 11) is 0. The zero-order valence-corrected chi connectivity index (χ0v) is 14.3. The fourth-order valence-electron chi connectivity index (χ4n) is 1.97. The molecule has 0 fully saturated rings. The molecule has 0 aliphatic heterocycles. The van der Waals surface area contributed by atoms with E-state index in [1.807, 2.05) is 17.1 Å². The number of hydrogen-bond donors (Lipinski definition) is 1. The van der Waals surface area contributed by atoms with Crippen LogP contribution >= 0.6 is 22.6 Å². The second-order valence-electron chi connectivity index (χ2n) is 4.53. The average Bonchev–Trinajstić information content (AvgIpc) is 2.90. The summed E-state index contributed by atoms with van der Waals surface area (Å²) >= 11 is 2.31. The maximum absolute atomic E-state index is 4.67. The summed E-state index contributed by atoms with van der Waals surface area (Å²) in [5, 5.41) is 7.66. The molecule has 0 amide bonds. The monoisotopic (exact) mass is 385 g/mol. The highest BCUT2D eigenvalue weighted by Gasteiger charge is 2.13. The minimum absolute atomic E-state index is 0.751. The molecule has 0 spiro atoms. The number of hydrogen-bond acceptors (Lipinski definition) is 4. The van der Waals surface area contributed by atoms with E-state index < -0.39 is 0 Å². The molecule has 0 saturated heterocycles. The maximum atomic E-state index is 4.67. The smallest absolute Gasteiger partial charge is 0.165 e. The molecular weight excluding hydrogens is 365 g/mol. The van der Waals surface area contributed by atoms with Crippen molar-refractivity contribution < 1.29 is 0 Å². The van der Waals surface area contributed by atoms with Crippen molar-refractivity contribution in [1.29, 1.82) is 0 Å². The zero-order valence-electron chi connectivity index (χ0n) is 12.1. The van der Waals surface area contributed by atoms with Gasteiger partial charge < -0.3 is 5.32 Å². The third-order valence-electron chi connectivity index (χ3n) is 2.94. The Hall–Kier alpha value is -1.18. The van der Waals surface area contributed by atoms with Gasteiger partial charge in [-0.15, -0.1) is 0 Å². The molecular formula is C14H20IN5. The number of halogens is 1. The second kappa shape index (κ2) is 7.01. The summed E-state index contributed by atoms with van der Waals surface area (Å²) < 4.78 is 3.05. The topological polar surface area (TPSA) is 55.6 Å². The van der Waals surface area contributed by atoms with Crippen molar-refractivity contribution in [2.75, 3.05) is 11.9 Å². The summed E-state index contributed by atoms with van der Waals surface area (Å²) in [6.45, 7) is 8.10. The van der Waals surface area contributed by atoms with E-state index in [2.05, 4.69) is 63.7 Å². The second-order valence-corrected chi connectivity index (χ2v) is 5.61. The molecule has 5 nitrogen and oxygen atoms in total.